The molecule has 0 spiro atoms. The van der Waals surface area contributed by atoms with E-state index in [0.717, 1.165) is 5.56 Å². The predicted octanol–water partition coefficient (Wildman–Crippen LogP) is 4.34. The van der Waals surface area contributed by atoms with Gasteiger partial charge in [-0.1, -0.05) is 65.7 Å². The standard InChI is InChI=1S/C37H37Cl2N5O8/c1-51-33(49)15-25(46)20-41-17-23-18-42-31-13-21(11-12-44(31)37(23)50)26-5-3-6-27(34(26)38)28-7-4-8-29(35(28)39)30-10-9-22(36(43-30)52-2)16-40-19-24(45)14-32(47)48/h3-13,18,24-25,40-41,45-46H,14-17,19-20H2,1-2H3,(H,47,48)/t24-,25-/m1/s1. The van der Waals surface area contributed by atoms with Crippen LogP contribution in [-0.2, 0) is 27.4 Å². The normalized spacial score (nSPS) is 12.4. The average molecular weight is 751 g/mol. The Balaban J connectivity index is 1.36. The maximum absolute atomic E-state index is 13.2. The van der Waals surface area contributed by atoms with Gasteiger partial charge < -0.3 is 35.4 Å². The number of esters is 1. The quantitative estimate of drug-likeness (QED) is 0.0901. The largest absolute Gasteiger partial charge is 0.481 e. The third-order valence-electron chi connectivity index (χ3n) is 8.22. The summed E-state index contributed by atoms with van der Waals surface area (Å²) in [5.41, 5.74) is 5.22. The summed E-state index contributed by atoms with van der Waals surface area (Å²) in [7, 11) is 2.75. The summed E-state index contributed by atoms with van der Waals surface area (Å²) in [6.07, 6.45) is 0.605. The number of aliphatic hydroxyl groups is 2. The topological polar surface area (TPSA) is 185 Å². The summed E-state index contributed by atoms with van der Waals surface area (Å²) < 4.78 is 11.5. The molecule has 0 saturated heterocycles. The number of benzene rings is 2. The number of carboxylic acid groups (broad SMARTS) is 1. The number of nitrogens with zero attached hydrogens (tertiary/aromatic N) is 3. The van der Waals surface area contributed by atoms with Crippen LogP contribution in [0.2, 0.25) is 10.0 Å². The number of carboxylic acids is 1. The van der Waals surface area contributed by atoms with Crippen LogP contribution in [0.1, 0.15) is 24.0 Å². The summed E-state index contributed by atoms with van der Waals surface area (Å²) in [5.74, 6) is -1.26. The van der Waals surface area contributed by atoms with Crippen molar-refractivity contribution < 1.29 is 34.4 Å². The van der Waals surface area contributed by atoms with Gasteiger partial charge in [-0.15, -0.1) is 0 Å². The molecule has 0 bridgehead atoms. The third kappa shape index (κ3) is 9.12. The molecule has 0 aliphatic heterocycles. The number of aliphatic carboxylic acids is 1. The molecular formula is C37H37Cl2N5O8. The van der Waals surface area contributed by atoms with E-state index in [-0.39, 0.29) is 38.0 Å². The van der Waals surface area contributed by atoms with E-state index >= 15 is 0 Å². The van der Waals surface area contributed by atoms with Gasteiger partial charge in [0.25, 0.3) is 5.56 Å². The second-order valence-corrected chi connectivity index (χ2v) is 12.6. The number of ether oxygens (including phenoxy) is 2. The van der Waals surface area contributed by atoms with E-state index in [9.17, 15) is 24.6 Å². The first-order valence-electron chi connectivity index (χ1n) is 16.2. The lowest BCUT2D eigenvalue weighted by atomic mass is 9.97. The molecule has 0 unspecified atom stereocenters. The summed E-state index contributed by atoms with van der Waals surface area (Å²) in [5, 5.41) is 35.5. The zero-order valence-corrected chi connectivity index (χ0v) is 29.8. The smallest absolute Gasteiger partial charge is 0.308 e. The number of fused-ring (bicyclic) bond motifs is 1. The number of nitrogens with one attached hydrogen (secondary N) is 2. The van der Waals surface area contributed by atoms with Crippen LogP contribution in [0, 0.1) is 0 Å². The number of carbonyl (C=O) groups excluding carboxylic acids is 1. The highest BCUT2D eigenvalue weighted by Gasteiger charge is 2.18. The Labute approximate surface area is 308 Å². The van der Waals surface area contributed by atoms with Crippen LogP contribution in [0.3, 0.4) is 0 Å². The monoisotopic (exact) mass is 749 g/mol. The van der Waals surface area contributed by atoms with E-state index < -0.39 is 24.1 Å². The molecule has 2 atom stereocenters. The lowest BCUT2D eigenvalue weighted by Gasteiger charge is -2.15. The van der Waals surface area contributed by atoms with Crippen molar-refractivity contribution in [3.8, 4) is 39.4 Å². The van der Waals surface area contributed by atoms with Crippen molar-refractivity contribution in [2.75, 3.05) is 27.3 Å². The molecule has 5 N–H and O–H groups in total. The van der Waals surface area contributed by atoms with Gasteiger partial charge in [0.05, 0.1) is 55.0 Å². The van der Waals surface area contributed by atoms with Crippen LogP contribution in [0.15, 0.2) is 77.9 Å². The first-order valence-corrected chi connectivity index (χ1v) is 16.9. The SMILES string of the molecule is COC(=O)C[C@@H](O)CNCc1cnc2cc(-c3cccc(-c4cccc(-c5ccc(CNC[C@H](O)CC(=O)O)c(OC)n5)c4Cl)c3Cl)ccn2c1=O. The Morgan fingerprint density at radius 1 is 0.846 bits per heavy atom. The first kappa shape index (κ1) is 38.3. The zero-order chi connectivity index (χ0) is 37.4. The fourth-order valence-corrected chi connectivity index (χ4v) is 6.26. The lowest BCUT2D eigenvalue weighted by Crippen LogP contribution is -2.31. The number of aromatic nitrogens is 3. The van der Waals surface area contributed by atoms with Gasteiger partial charge in [0.15, 0.2) is 0 Å². The van der Waals surface area contributed by atoms with Gasteiger partial charge in [0.2, 0.25) is 5.88 Å². The highest BCUT2D eigenvalue weighted by atomic mass is 35.5. The third-order valence-corrected chi connectivity index (χ3v) is 9.03. The van der Waals surface area contributed by atoms with E-state index in [1.165, 1.54) is 24.8 Å². The minimum atomic E-state index is -1.08. The van der Waals surface area contributed by atoms with Crippen LogP contribution in [0.4, 0.5) is 0 Å². The van der Waals surface area contributed by atoms with Crippen molar-refractivity contribution >= 4 is 40.8 Å². The lowest BCUT2D eigenvalue weighted by molar-refractivity contribution is -0.143. The molecule has 2 aromatic carbocycles. The molecule has 5 aromatic rings. The minimum absolute atomic E-state index is 0.0894. The number of aliphatic hydroxyl groups excluding tert-OH is 2. The van der Waals surface area contributed by atoms with Gasteiger partial charge in [0.1, 0.15) is 5.65 Å². The van der Waals surface area contributed by atoms with Gasteiger partial charge in [0, 0.05) is 72.0 Å². The fraction of sp³-hybridized carbons (Fsp3) is 0.270. The summed E-state index contributed by atoms with van der Waals surface area (Å²) in [6.45, 7) is 0.628. The van der Waals surface area contributed by atoms with Gasteiger partial charge >= 0.3 is 11.9 Å². The molecule has 0 amide bonds. The zero-order valence-electron chi connectivity index (χ0n) is 28.3. The number of methoxy groups -OCH3 is 2. The van der Waals surface area contributed by atoms with Crippen LogP contribution in [-0.4, -0.2) is 81.1 Å². The molecule has 15 heteroatoms. The first-order chi connectivity index (χ1) is 25.0. The van der Waals surface area contributed by atoms with Gasteiger partial charge in [-0.25, -0.2) is 9.97 Å². The molecule has 0 saturated carbocycles. The van der Waals surface area contributed by atoms with Crippen LogP contribution in [0.5, 0.6) is 5.88 Å². The molecule has 3 heterocycles. The molecule has 5 rings (SSSR count). The van der Waals surface area contributed by atoms with Crippen LogP contribution >= 0.6 is 23.2 Å². The number of rotatable bonds is 16. The maximum Gasteiger partial charge on any atom is 0.308 e. The fourth-order valence-electron chi connectivity index (χ4n) is 5.60. The van der Waals surface area contributed by atoms with Crippen molar-refractivity contribution in [3.05, 3.63) is 105 Å². The Morgan fingerprint density at radius 2 is 1.46 bits per heavy atom. The predicted molar refractivity (Wildman–Crippen MR) is 196 cm³/mol. The number of hydrogen-bond acceptors (Lipinski definition) is 11. The number of halogens is 2. The van der Waals surface area contributed by atoms with Crippen molar-refractivity contribution in [2.24, 2.45) is 0 Å². The van der Waals surface area contributed by atoms with Crippen molar-refractivity contribution in [1.82, 2.24) is 25.0 Å². The molecule has 0 radical (unpaired) electrons. The molecular weight excluding hydrogens is 713 g/mol. The van der Waals surface area contributed by atoms with Crippen molar-refractivity contribution in [3.63, 3.8) is 0 Å². The van der Waals surface area contributed by atoms with Gasteiger partial charge in [-0.3, -0.25) is 18.8 Å². The Morgan fingerprint density at radius 3 is 2.12 bits per heavy atom. The molecule has 0 aliphatic rings. The highest BCUT2D eigenvalue weighted by molar-refractivity contribution is 6.39. The molecule has 3 aromatic heterocycles. The van der Waals surface area contributed by atoms with E-state index in [1.807, 2.05) is 42.5 Å². The summed E-state index contributed by atoms with van der Waals surface area (Å²) >= 11 is 14.1. The van der Waals surface area contributed by atoms with Gasteiger partial charge in [-0.2, -0.15) is 0 Å². The van der Waals surface area contributed by atoms with Crippen LogP contribution in [0.25, 0.3) is 39.2 Å². The number of hydrogen-bond donors (Lipinski definition) is 5. The second kappa shape index (κ2) is 17.6. The van der Waals surface area contributed by atoms with Gasteiger partial charge in [-0.05, 0) is 23.8 Å². The summed E-state index contributed by atoms with van der Waals surface area (Å²) in [4.78, 5) is 44.5. The Bertz CT molecular complexity index is 2140. The average Bonchev–Trinajstić information content (AvgIpc) is 3.12. The molecule has 52 heavy (non-hydrogen) atoms. The van der Waals surface area contributed by atoms with Crippen molar-refractivity contribution in [1.29, 1.82) is 0 Å². The number of pyridine rings is 2. The van der Waals surface area contributed by atoms with E-state index in [2.05, 4.69) is 25.3 Å². The second-order valence-electron chi connectivity index (χ2n) is 11.9. The highest BCUT2D eigenvalue weighted by Crippen LogP contribution is 2.42. The maximum atomic E-state index is 13.2. The minimum Gasteiger partial charge on any atom is -0.481 e. The van der Waals surface area contributed by atoms with Crippen LogP contribution < -0.4 is 20.9 Å². The van der Waals surface area contributed by atoms with E-state index in [4.69, 9.17) is 33.0 Å². The Kier molecular flexibility index (Phi) is 12.9. The Hall–Kier alpha value is -4.89. The number of carbonyl (C=O) groups is 2. The van der Waals surface area contributed by atoms with Crippen molar-refractivity contribution in [2.45, 2.75) is 38.1 Å². The van der Waals surface area contributed by atoms with E-state index in [0.29, 0.717) is 67.2 Å². The molecule has 13 nitrogen and oxygen atoms in total. The molecule has 272 valence electrons. The molecule has 0 aliphatic carbocycles. The summed E-state index contributed by atoms with van der Waals surface area (Å²) in [6, 6.07) is 18.3. The van der Waals surface area contributed by atoms with E-state index in [1.54, 1.807) is 24.4 Å². The molecule has 0 fully saturated rings.